The van der Waals surface area contributed by atoms with Gasteiger partial charge >= 0.3 is 0 Å². The molecule has 0 atom stereocenters. The first kappa shape index (κ1) is 15.4. The highest BCUT2D eigenvalue weighted by Crippen LogP contribution is 2.32. The SMILES string of the molecule is O=C(Nc1ccc(C(=O)C2CC2)cc1)c1ccc(-n2cccc2)cc1. The predicted octanol–water partition coefficient (Wildman–Crippen LogP) is 4.32. The molecule has 124 valence electrons. The maximum atomic E-state index is 12.4. The topological polar surface area (TPSA) is 51.1 Å². The molecule has 1 aliphatic carbocycles. The van der Waals surface area contributed by atoms with Gasteiger partial charge in [0.15, 0.2) is 5.78 Å². The minimum Gasteiger partial charge on any atom is -0.324 e. The number of nitrogens with zero attached hydrogens (tertiary/aromatic N) is 1. The fourth-order valence-electron chi connectivity index (χ4n) is 2.79. The average molecular weight is 330 g/mol. The Morgan fingerprint density at radius 1 is 0.840 bits per heavy atom. The van der Waals surface area contributed by atoms with Crippen molar-refractivity contribution in [2.24, 2.45) is 5.92 Å². The lowest BCUT2D eigenvalue weighted by Crippen LogP contribution is -2.12. The zero-order chi connectivity index (χ0) is 17.2. The van der Waals surface area contributed by atoms with Gasteiger partial charge in [0.1, 0.15) is 0 Å². The van der Waals surface area contributed by atoms with Gasteiger partial charge in [-0.25, -0.2) is 0 Å². The second-order valence-electron chi connectivity index (χ2n) is 6.31. The fraction of sp³-hybridized carbons (Fsp3) is 0.143. The molecule has 1 saturated carbocycles. The molecule has 0 unspecified atom stereocenters. The zero-order valence-electron chi connectivity index (χ0n) is 13.7. The summed E-state index contributed by atoms with van der Waals surface area (Å²) < 4.78 is 1.98. The third-order valence-corrected chi connectivity index (χ3v) is 4.41. The van der Waals surface area contributed by atoms with Gasteiger partial charge in [-0.05, 0) is 73.5 Å². The van der Waals surface area contributed by atoms with Crippen LogP contribution < -0.4 is 5.32 Å². The van der Waals surface area contributed by atoms with E-state index in [2.05, 4.69) is 5.32 Å². The Labute approximate surface area is 146 Å². The minimum absolute atomic E-state index is 0.166. The van der Waals surface area contributed by atoms with E-state index in [0.29, 0.717) is 11.3 Å². The van der Waals surface area contributed by atoms with Gasteiger partial charge in [0.05, 0.1) is 0 Å². The van der Waals surface area contributed by atoms with E-state index in [1.165, 1.54) is 0 Å². The smallest absolute Gasteiger partial charge is 0.255 e. The first-order chi connectivity index (χ1) is 12.2. The van der Waals surface area contributed by atoms with Crippen molar-refractivity contribution in [2.45, 2.75) is 12.8 Å². The minimum atomic E-state index is -0.166. The molecule has 4 nitrogen and oxygen atoms in total. The normalized spacial score (nSPS) is 13.4. The van der Waals surface area contributed by atoms with E-state index in [4.69, 9.17) is 0 Å². The molecule has 1 heterocycles. The van der Waals surface area contributed by atoms with E-state index in [1.54, 1.807) is 36.4 Å². The van der Waals surface area contributed by atoms with Gasteiger partial charge in [-0.2, -0.15) is 0 Å². The van der Waals surface area contributed by atoms with E-state index in [0.717, 1.165) is 24.1 Å². The molecule has 4 rings (SSSR count). The largest absolute Gasteiger partial charge is 0.324 e. The quantitative estimate of drug-likeness (QED) is 0.708. The summed E-state index contributed by atoms with van der Waals surface area (Å²) in [5, 5.41) is 2.87. The van der Waals surface area contributed by atoms with Crippen molar-refractivity contribution in [1.29, 1.82) is 0 Å². The molecular weight excluding hydrogens is 312 g/mol. The third kappa shape index (κ3) is 3.38. The number of rotatable bonds is 5. The molecule has 25 heavy (non-hydrogen) atoms. The van der Waals surface area contributed by atoms with Gasteiger partial charge in [0.25, 0.3) is 5.91 Å². The first-order valence-electron chi connectivity index (χ1n) is 8.40. The van der Waals surface area contributed by atoms with Crippen molar-refractivity contribution in [3.63, 3.8) is 0 Å². The van der Waals surface area contributed by atoms with E-state index >= 15 is 0 Å². The van der Waals surface area contributed by atoms with Crippen LogP contribution in [0.3, 0.4) is 0 Å². The van der Waals surface area contributed by atoms with Crippen molar-refractivity contribution in [3.8, 4) is 5.69 Å². The summed E-state index contributed by atoms with van der Waals surface area (Å²) >= 11 is 0. The molecule has 1 N–H and O–H groups in total. The van der Waals surface area contributed by atoms with Crippen molar-refractivity contribution in [1.82, 2.24) is 4.57 Å². The second kappa shape index (κ2) is 6.40. The Balaban J connectivity index is 1.43. The van der Waals surface area contributed by atoms with Crippen LogP contribution in [0.2, 0.25) is 0 Å². The van der Waals surface area contributed by atoms with Gasteiger partial charge in [-0.3, -0.25) is 9.59 Å². The van der Waals surface area contributed by atoms with Crippen molar-refractivity contribution in [3.05, 3.63) is 84.2 Å². The Morgan fingerprint density at radius 3 is 2.04 bits per heavy atom. The maximum absolute atomic E-state index is 12.4. The van der Waals surface area contributed by atoms with E-state index in [-0.39, 0.29) is 17.6 Å². The van der Waals surface area contributed by atoms with Gasteiger partial charge in [0.2, 0.25) is 0 Å². The highest BCUT2D eigenvalue weighted by molar-refractivity contribution is 6.05. The molecule has 1 aliphatic rings. The maximum Gasteiger partial charge on any atom is 0.255 e. The van der Waals surface area contributed by atoms with Gasteiger partial charge in [-0.1, -0.05) is 0 Å². The standard InChI is InChI=1S/C21H18N2O2/c24-20(15-3-4-15)16-5-9-18(10-6-16)22-21(25)17-7-11-19(12-8-17)23-13-1-2-14-23/h1-2,5-15H,3-4H2,(H,22,25). The van der Waals surface area contributed by atoms with Crippen molar-refractivity contribution >= 4 is 17.4 Å². The average Bonchev–Trinajstić information content (AvgIpc) is 3.36. The lowest BCUT2D eigenvalue weighted by Gasteiger charge is -2.08. The molecule has 0 spiro atoms. The van der Waals surface area contributed by atoms with Crippen molar-refractivity contribution in [2.75, 3.05) is 5.32 Å². The molecular formula is C21H18N2O2. The number of anilines is 1. The number of amides is 1. The number of nitrogens with one attached hydrogen (secondary N) is 1. The number of benzene rings is 2. The van der Waals surface area contributed by atoms with E-state index in [9.17, 15) is 9.59 Å². The van der Waals surface area contributed by atoms with Crippen LogP contribution in [0.5, 0.6) is 0 Å². The summed E-state index contributed by atoms with van der Waals surface area (Å²) in [6.45, 7) is 0. The summed E-state index contributed by atoms with van der Waals surface area (Å²) in [4.78, 5) is 24.4. The van der Waals surface area contributed by atoms with Crippen LogP contribution in [0.25, 0.3) is 5.69 Å². The highest BCUT2D eigenvalue weighted by Gasteiger charge is 2.30. The van der Waals surface area contributed by atoms with E-state index in [1.807, 2.05) is 41.2 Å². The molecule has 0 aliphatic heterocycles. The number of aromatic nitrogens is 1. The fourth-order valence-corrected chi connectivity index (χ4v) is 2.79. The van der Waals surface area contributed by atoms with Gasteiger partial charge in [-0.15, -0.1) is 0 Å². The molecule has 1 fully saturated rings. The molecule has 1 amide bonds. The zero-order valence-corrected chi connectivity index (χ0v) is 13.7. The summed E-state index contributed by atoms with van der Waals surface area (Å²) in [6.07, 6.45) is 5.91. The van der Waals surface area contributed by atoms with Gasteiger partial charge in [0, 0.05) is 40.8 Å². The first-order valence-corrected chi connectivity index (χ1v) is 8.40. The predicted molar refractivity (Wildman–Crippen MR) is 97.2 cm³/mol. The summed E-state index contributed by atoms with van der Waals surface area (Å²) in [5.41, 5.74) is 3.00. The number of carbonyl (C=O) groups is 2. The van der Waals surface area contributed by atoms with Crippen LogP contribution in [0.15, 0.2) is 73.1 Å². The summed E-state index contributed by atoms with van der Waals surface area (Å²) in [7, 11) is 0. The molecule has 3 aromatic rings. The third-order valence-electron chi connectivity index (χ3n) is 4.41. The number of hydrogen-bond donors (Lipinski definition) is 1. The molecule has 4 heteroatoms. The molecule has 0 radical (unpaired) electrons. The molecule has 0 saturated heterocycles. The molecule has 0 bridgehead atoms. The Bertz CT molecular complexity index is 890. The lowest BCUT2D eigenvalue weighted by atomic mass is 10.1. The van der Waals surface area contributed by atoms with Crippen LogP contribution in [0.4, 0.5) is 5.69 Å². The number of ketones is 1. The monoisotopic (exact) mass is 330 g/mol. The van der Waals surface area contributed by atoms with Crippen LogP contribution >= 0.6 is 0 Å². The van der Waals surface area contributed by atoms with Crippen LogP contribution in [-0.2, 0) is 0 Å². The second-order valence-corrected chi connectivity index (χ2v) is 6.31. The summed E-state index contributed by atoms with van der Waals surface area (Å²) in [6, 6.07) is 18.5. The van der Waals surface area contributed by atoms with Crippen LogP contribution in [-0.4, -0.2) is 16.3 Å². The lowest BCUT2D eigenvalue weighted by molar-refractivity contribution is 0.0967. The summed E-state index contributed by atoms with van der Waals surface area (Å²) in [5.74, 6) is 0.248. The van der Waals surface area contributed by atoms with Crippen LogP contribution in [0, 0.1) is 5.92 Å². The van der Waals surface area contributed by atoms with Crippen LogP contribution in [0.1, 0.15) is 33.6 Å². The van der Waals surface area contributed by atoms with Gasteiger partial charge < -0.3 is 9.88 Å². The number of hydrogen-bond acceptors (Lipinski definition) is 2. The highest BCUT2D eigenvalue weighted by atomic mass is 16.1. The Kier molecular flexibility index (Phi) is 3.94. The Hall–Kier alpha value is -3.14. The number of Topliss-reactive ketones (excluding diaryl/α,β-unsaturated/α-hetero) is 1. The van der Waals surface area contributed by atoms with E-state index < -0.39 is 0 Å². The van der Waals surface area contributed by atoms with Crippen molar-refractivity contribution < 1.29 is 9.59 Å². The molecule has 2 aromatic carbocycles. The number of carbonyl (C=O) groups excluding carboxylic acids is 2. The Morgan fingerprint density at radius 2 is 1.44 bits per heavy atom. The molecule has 1 aromatic heterocycles.